The quantitative estimate of drug-likeness (QED) is 0.228. The molecule has 0 aliphatic rings. The number of aryl methyl sites for hydroxylation is 1. The lowest BCUT2D eigenvalue weighted by Gasteiger charge is -2.10. The average Bonchev–Trinajstić information content (AvgIpc) is 2.64. The van der Waals surface area contributed by atoms with Crippen molar-refractivity contribution in [2.75, 3.05) is 0 Å². The Labute approximate surface area is 150 Å². The molecule has 0 unspecified atom stereocenters. The van der Waals surface area contributed by atoms with E-state index in [2.05, 4.69) is 4.57 Å². The molecule has 1 heterocycles. The van der Waals surface area contributed by atoms with Crippen molar-refractivity contribution in [2.24, 2.45) is 7.05 Å². The molecule has 0 spiro atoms. The first kappa shape index (κ1) is 15.6. The van der Waals surface area contributed by atoms with Gasteiger partial charge in [-0.05, 0) is 24.3 Å². The van der Waals surface area contributed by atoms with Crippen molar-refractivity contribution in [2.45, 2.75) is 0 Å². The van der Waals surface area contributed by atoms with Crippen LogP contribution in [0.5, 0.6) is 5.75 Å². The van der Waals surface area contributed by atoms with E-state index in [1.165, 1.54) is 0 Å². The van der Waals surface area contributed by atoms with Gasteiger partial charge in [-0.15, -0.1) is 0 Å². The summed E-state index contributed by atoms with van der Waals surface area (Å²) in [7, 11) is 1.99. The van der Waals surface area contributed by atoms with Gasteiger partial charge >= 0.3 is 5.97 Å². The van der Waals surface area contributed by atoms with Gasteiger partial charge in [0.25, 0.3) is 0 Å². The van der Waals surface area contributed by atoms with Crippen LogP contribution in [0.3, 0.4) is 0 Å². The second-order valence-electron chi connectivity index (χ2n) is 5.79. The van der Waals surface area contributed by atoms with Gasteiger partial charge < -0.3 is 4.74 Å². The van der Waals surface area contributed by atoms with Crippen LogP contribution in [0.25, 0.3) is 21.8 Å². The fourth-order valence-corrected chi connectivity index (χ4v) is 3.30. The molecule has 0 saturated heterocycles. The van der Waals surface area contributed by atoms with Crippen molar-refractivity contribution in [3.63, 3.8) is 0 Å². The van der Waals surface area contributed by atoms with Gasteiger partial charge in [0.05, 0.1) is 21.4 Å². The monoisotopic (exact) mass is 348 g/mol. The van der Waals surface area contributed by atoms with Crippen LogP contribution in [-0.4, -0.2) is 5.97 Å². The maximum atomic E-state index is 13.0. The number of fused-ring (bicyclic) bond motifs is 2. The van der Waals surface area contributed by atoms with Crippen LogP contribution >= 0.6 is 11.6 Å². The third-order valence-corrected chi connectivity index (χ3v) is 4.63. The molecule has 0 aliphatic carbocycles. The minimum absolute atomic E-state index is 0.357. The Morgan fingerprint density at radius 1 is 0.840 bits per heavy atom. The molecule has 0 N–H and O–H groups in total. The van der Waals surface area contributed by atoms with Gasteiger partial charge in [0.1, 0.15) is 12.8 Å². The maximum absolute atomic E-state index is 13.0. The lowest BCUT2D eigenvalue weighted by molar-refractivity contribution is -0.617. The van der Waals surface area contributed by atoms with E-state index in [0.29, 0.717) is 16.3 Å². The normalized spacial score (nSPS) is 11.0. The minimum Gasteiger partial charge on any atom is -0.421 e. The van der Waals surface area contributed by atoms with Crippen LogP contribution < -0.4 is 9.30 Å². The highest BCUT2D eigenvalue weighted by atomic mass is 35.5. The van der Waals surface area contributed by atoms with Crippen LogP contribution in [0, 0.1) is 0 Å². The molecule has 4 aromatic rings. The zero-order chi connectivity index (χ0) is 17.4. The van der Waals surface area contributed by atoms with Crippen LogP contribution in [0.1, 0.15) is 10.4 Å². The second-order valence-corrected chi connectivity index (χ2v) is 6.20. The van der Waals surface area contributed by atoms with Crippen molar-refractivity contribution >= 4 is 39.4 Å². The largest absolute Gasteiger partial charge is 0.421 e. The molecule has 0 saturated carbocycles. The van der Waals surface area contributed by atoms with Crippen molar-refractivity contribution < 1.29 is 14.1 Å². The van der Waals surface area contributed by atoms with Crippen molar-refractivity contribution in [3.05, 3.63) is 83.4 Å². The predicted octanol–water partition coefficient (Wildman–Crippen LogP) is 4.69. The van der Waals surface area contributed by atoms with Crippen LogP contribution in [0.4, 0.5) is 0 Å². The number of aromatic nitrogens is 1. The Kier molecular flexibility index (Phi) is 3.86. The Morgan fingerprint density at radius 2 is 1.36 bits per heavy atom. The molecule has 0 bridgehead atoms. The number of ether oxygens (including phenoxy) is 1. The number of nitrogens with zero attached hydrogens (tertiary/aromatic N) is 1. The minimum atomic E-state index is -0.416. The van der Waals surface area contributed by atoms with Crippen LogP contribution in [0.2, 0.25) is 5.02 Å². The number of halogens is 1. The van der Waals surface area contributed by atoms with E-state index < -0.39 is 5.97 Å². The van der Waals surface area contributed by atoms with Gasteiger partial charge in [-0.2, -0.15) is 4.57 Å². The fraction of sp³-hybridized carbons (Fsp3) is 0.0476. The zero-order valence-electron chi connectivity index (χ0n) is 13.6. The number of esters is 1. The zero-order valence-corrected chi connectivity index (χ0v) is 14.3. The van der Waals surface area contributed by atoms with Gasteiger partial charge in [0.2, 0.25) is 11.0 Å². The fourth-order valence-electron chi connectivity index (χ4n) is 3.13. The molecule has 0 fully saturated rings. The topological polar surface area (TPSA) is 30.2 Å². The molecule has 4 rings (SSSR count). The van der Waals surface area contributed by atoms with E-state index in [1.54, 1.807) is 24.3 Å². The van der Waals surface area contributed by atoms with Gasteiger partial charge in [0.15, 0.2) is 0 Å². The standard InChI is InChI=1S/C21H15ClNO2/c1-23-17-11-5-2-8-14(17)20(15-9-3-6-12-18(15)23)21(24)25-19-13-7-4-10-16(19)22/h2-13H,1H3/q+1. The summed E-state index contributed by atoms with van der Waals surface area (Å²) in [4.78, 5) is 13.0. The summed E-state index contributed by atoms with van der Waals surface area (Å²) in [5.41, 5.74) is 2.48. The highest BCUT2D eigenvalue weighted by molar-refractivity contribution is 6.32. The number of benzene rings is 3. The lowest BCUT2D eigenvalue weighted by Crippen LogP contribution is -2.31. The Bertz CT molecular complexity index is 1060. The smallest absolute Gasteiger partial charge is 0.345 e. The van der Waals surface area contributed by atoms with Crippen molar-refractivity contribution in [3.8, 4) is 5.75 Å². The summed E-state index contributed by atoms with van der Waals surface area (Å²) in [5.74, 6) is -0.0587. The number of carbonyl (C=O) groups is 1. The highest BCUT2D eigenvalue weighted by Crippen LogP contribution is 2.28. The number of carbonyl (C=O) groups excluding carboxylic acids is 1. The number of pyridine rings is 1. The van der Waals surface area contributed by atoms with Gasteiger partial charge in [-0.3, -0.25) is 0 Å². The van der Waals surface area contributed by atoms with Gasteiger partial charge in [-0.1, -0.05) is 48.0 Å². The van der Waals surface area contributed by atoms with Gasteiger partial charge in [0, 0.05) is 12.1 Å². The van der Waals surface area contributed by atoms with E-state index in [9.17, 15) is 4.79 Å². The van der Waals surface area contributed by atoms with E-state index >= 15 is 0 Å². The second kappa shape index (κ2) is 6.19. The van der Waals surface area contributed by atoms with E-state index in [4.69, 9.17) is 16.3 Å². The summed E-state index contributed by atoms with van der Waals surface area (Å²) in [5, 5.41) is 2.10. The van der Waals surface area contributed by atoms with Crippen LogP contribution in [0.15, 0.2) is 72.8 Å². The molecule has 0 amide bonds. The third kappa shape index (κ3) is 2.63. The Hall–Kier alpha value is -2.91. The molecular formula is C21H15ClNO2+. The van der Waals surface area contributed by atoms with E-state index in [0.717, 1.165) is 21.8 Å². The molecule has 3 aromatic carbocycles. The molecular weight excluding hydrogens is 334 g/mol. The highest BCUT2D eigenvalue weighted by Gasteiger charge is 2.23. The molecule has 0 aliphatic heterocycles. The van der Waals surface area contributed by atoms with E-state index in [1.807, 2.05) is 55.6 Å². The summed E-state index contributed by atoms with van der Waals surface area (Å²) in [6.07, 6.45) is 0. The summed E-state index contributed by atoms with van der Waals surface area (Å²) in [6.45, 7) is 0. The summed E-state index contributed by atoms with van der Waals surface area (Å²) >= 11 is 6.14. The predicted molar refractivity (Wildman–Crippen MR) is 99.0 cm³/mol. The number of hydrogen-bond acceptors (Lipinski definition) is 2. The Balaban J connectivity index is 1.97. The Morgan fingerprint density at radius 3 is 1.96 bits per heavy atom. The SMILES string of the molecule is C[n+]1c2ccccc2c(C(=O)Oc2ccccc2Cl)c2ccccc21. The van der Waals surface area contributed by atoms with Crippen molar-refractivity contribution in [1.82, 2.24) is 0 Å². The van der Waals surface area contributed by atoms with E-state index in [-0.39, 0.29) is 0 Å². The first-order valence-corrected chi connectivity index (χ1v) is 8.31. The molecule has 122 valence electrons. The molecule has 0 radical (unpaired) electrons. The first-order valence-electron chi connectivity index (χ1n) is 7.93. The van der Waals surface area contributed by atoms with Gasteiger partial charge in [-0.25, -0.2) is 4.79 Å². The first-order chi connectivity index (χ1) is 12.2. The number of rotatable bonds is 2. The summed E-state index contributed by atoms with van der Waals surface area (Å²) in [6, 6.07) is 22.6. The number of para-hydroxylation sites is 3. The molecule has 0 atom stereocenters. The average molecular weight is 349 g/mol. The summed E-state index contributed by atoms with van der Waals surface area (Å²) < 4.78 is 7.69. The maximum Gasteiger partial charge on any atom is 0.345 e. The molecule has 25 heavy (non-hydrogen) atoms. The molecule has 3 nitrogen and oxygen atoms in total. The molecule has 1 aromatic heterocycles. The van der Waals surface area contributed by atoms with Crippen molar-refractivity contribution in [1.29, 1.82) is 0 Å². The lowest BCUT2D eigenvalue weighted by atomic mass is 10.0. The molecule has 4 heteroatoms. The van der Waals surface area contributed by atoms with Crippen LogP contribution in [-0.2, 0) is 7.05 Å². The number of hydrogen-bond donors (Lipinski definition) is 0. The third-order valence-electron chi connectivity index (χ3n) is 4.31.